The van der Waals surface area contributed by atoms with Crippen LogP contribution in [0.5, 0.6) is 0 Å². The van der Waals surface area contributed by atoms with Crippen LogP contribution in [-0.4, -0.2) is 23.8 Å². The molecule has 1 aromatic rings. The Bertz CT molecular complexity index is 346. The Morgan fingerprint density at radius 3 is 2.86 bits per heavy atom. The van der Waals surface area contributed by atoms with E-state index in [1.165, 1.54) is 5.56 Å². The number of hydrogen-bond acceptors (Lipinski definition) is 2. The maximum Gasteiger partial charge on any atom is 0.177 e. The summed E-state index contributed by atoms with van der Waals surface area (Å²) in [6.45, 7) is 4.67. The lowest BCUT2D eigenvalue weighted by Crippen LogP contribution is -2.35. The summed E-state index contributed by atoms with van der Waals surface area (Å²) in [6.07, 6.45) is 1.11. The van der Waals surface area contributed by atoms with Crippen LogP contribution in [0.25, 0.3) is 0 Å². The highest BCUT2D eigenvalue weighted by atomic mass is 16.1. The first kappa shape index (κ1) is 9.41. The van der Waals surface area contributed by atoms with Gasteiger partial charge in [-0.2, -0.15) is 0 Å². The summed E-state index contributed by atoms with van der Waals surface area (Å²) in [6, 6.07) is 7.92. The molecule has 0 amide bonds. The van der Waals surface area contributed by atoms with E-state index in [0.29, 0.717) is 6.54 Å². The van der Waals surface area contributed by atoms with Crippen LogP contribution < -0.4 is 0 Å². The maximum atomic E-state index is 11.7. The van der Waals surface area contributed by atoms with E-state index in [1.54, 1.807) is 0 Å². The average Bonchev–Trinajstić information content (AvgIpc) is 2.18. The summed E-state index contributed by atoms with van der Waals surface area (Å²) in [5, 5.41) is 0. The van der Waals surface area contributed by atoms with Crippen LogP contribution in [0.4, 0.5) is 0 Å². The van der Waals surface area contributed by atoms with E-state index < -0.39 is 0 Å². The number of carbonyl (C=O) groups excluding carboxylic acids is 1. The normalized spacial score (nSPS) is 16.8. The summed E-state index contributed by atoms with van der Waals surface area (Å²) < 4.78 is 0. The van der Waals surface area contributed by atoms with E-state index >= 15 is 0 Å². The third kappa shape index (κ3) is 1.70. The Kier molecular flexibility index (Phi) is 2.64. The highest BCUT2D eigenvalue weighted by Crippen LogP contribution is 2.18. The summed E-state index contributed by atoms with van der Waals surface area (Å²) in [4.78, 5) is 13.9. The zero-order chi connectivity index (χ0) is 9.97. The van der Waals surface area contributed by atoms with Crippen molar-refractivity contribution < 1.29 is 4.79 Å². The Morgan fingerprint density at radius 2 is 2.07 bits per heavy atom. The molecule has 0 bridgehead atoms. The van der Waals surface area contributed by atoms with Crippen LogP contribution in [-0.2, 0) is 6.54 Å². The van der Waals surface area contributed by atoms with Gasteiger partial charge in [0.2, 0.25) is 0 Å². The first-order chi connectivity index (χ1) is 6.81. The fourth-order valence-corrected chi connectivity index (χ4v) is 1.99. The minimum absolute atomic E-state index is 0.264. The summed E-state index contributed by atoms with van der Waals surface area (Å²) in [7, 11) is 0. The van der Waals surface area contributed by atoms with Crippen LogP contribution >= 0.6 is 0 Å². The lowest BCUT2D eigenvalue weighted by atomic mass is 9.99. The average molecular weight is 189 g/mol. The number of fused-ring (bicyclic) bond motifs is 1. The van der Waals surface area contributed by atoms with Gasteiger partial charge >= 0.3 is 0 Å². The molecule has 74 valence electrons. The van der Waals surface area contributed by atoms with Gasteiger partial charge in [0.15, 0.2) is 5.78 Å². The van der Waals surface area contributed by atoms with Crippen molar-refractivity contribution in [2.45, 2.75) is 19.9 Å². The monoisotopic (exact) mass is 189 g/mol. The molecule has 1 aromatic carbocycles. The van der Waals surface area contributed by atoms with E-state index in [1.807, 2.05) is 18.2 Å². The van der Waals surface area contributed by atoms with Crippen LogP contribution in [0.3, 0.4) is 0 Å². The molecule has 0 saturated heterocycles. The number of hydrogen-bond donors (Lipinski definition) is 0. The topological polar surface area (TPSA) is 20.3 Å². The highest BCUT2D eigenvalue weighted by Gasteiger charge is 2.21. The van der Waals surface area contributed by atoms with Gasteiger partial charge in [-0.3, -0.25) is 9.69 Å². The van der Waals surface area contributed by atoms with Gasteiger partial charge in [0.05, 0.1) is 6.54 Å². The SMILES string of the molecule is CCCN1CC(=O)c2ccccc2C1. The molecule has 0 aliphatic carbocycles. The van der Waals surface area contributed by atoms with E-state index in [9.17, 15) is 4.79 Å². The van der Waals surface area contributed by atoms with Gasteiger partial charge in [0.25, 0.3) is 0 Å². The quantitative estimate of drug-likeness (QED) is 0.710. The summed E-state index contributed by atoms with van der Waals surface area (Å²) >= 11 is 0. The molecule has 0 aromatic heterocycles. The predicted octanol–water partition coefficient (Wildman–Crippen LogP) is 2.09. The maximum absolute atomic E-state index is 11.7. The highest BCUT2D eigenvalue weighted by molar-refractivity contribution is 5.99. The predicted molar refractivity (Wildman–Crippen MR) is 56.3 cm³/mol. The molecule has 0 radical (unpaired) electrons. The van der Waals surface area contributed by atoms with Crippen LogP contribution in [0, 0.1) is 0 Å². The number of rotatable bonds is 2. The molecule has 0 fully saturated rings. The third-order valence-electron chi connectivity index (χ3n) is 2.62. The minimum atomic E-state index is 0.264. The van der Waals surface area contributed by atoms with Crippen molar-refractivity contribution in [1.82, 2.24) is 4.90 Å². The van der Waals surface area contributed by atoms with Crippen molar-refractivity contribution >= 4 is 5.78 Å². The van der Waals surface area contributed by atoms with Crippen molar-refractivity contribution in [3.8, 4) is 0 Å². The second-order valence-electron chi connectivity index (χ2n) is 3.79. The van der Waals surface area contributed by atoms with Crippen molar-refractivity contribution in [3.63, 3.8) is 0 Å². The molecule has 1 aliphatic rings. The van der Waals surface area contributed by atoms with E-state index in [4.69, 9.17) is 0 Å². The molecule has 0 saturated carbocycles. The van der Waals surface area contributed by atoms with Crippen molar-refractivity contribution in [2.24, 2.45) is 0 Å². The molecule has 0 atom stereocenters. The summed E-state index contributed by atoms with van der Waals surface area (Å²) in [5.41, 5.74) is 2.09. The molecule has 2 nitrogen and oxygen atoms in total. The third-order valence-corrected chi connectivity index (χ3v) is 2.62. The second kappa shape index (κ2) is 3.93. The molecule has 1 heterocycles. The molecule has 1 aliphatic heterocycles. The van der Waals surface area contributed by atoms with Gasteiger partial charge in [-0.25, -0.2) is 0 Å². The van der Waals surface area contributed by atoms with E-state index in [0.717, 1.165) is 25.1 Å². The fourth-order valence-electron chi connectivity index (χ4n) is 1.99. The molecule has 0 unspecified atom stereocenters. The number of Topliss-reactive ketones (excluding diaryl/α,β-unsaturated/α-hetero) is 1. The van der Waals surface area contributed by atoms with E-state index in [2.05, 4.69) is 17.9 Å². The van der Waals surface area contributed by atoms with Crippen LogP contribution in [0.1, 0.15) is 29.3 Å². The first-order valence-electron chi connectivity index (χ1n) is 5.14. The number of ketones is 1. The van der Waals surface area contributed by atoms with Gasteiger partial charge in [-0.1, -0.05) is 31.2 Å². The molecule has 2 rings (SSSR count). The molecule has 2 heteroatoms. The molecule has 14 heavy (non-hydrogen) atoms. The van der Waals surface area contributed by atoms with Gasteiger partial charge in [0, 0.05) is 12.1 Å². The lowest BCUT2D eigenvalue weighted by Gasteiger charge is -2.27. The zero-order valence-corrected chi connectivity index (χ0v) is 8.49. The molecule has 0 spiro atoms. The van der Waals surface area contributed by atoms with Gasteiger partial charge < -0.3 is 0 Å². The minimum Gasteiger partial charge on any atom is -0.293 e. The Balaban J connectivity index is 2.24. The van der Waals surface area contributed by atoms with Crippen molar-refractivity contribution in [1.29, 1.82) is 0 Å². The van der Waals surface area contributed by atoms with Gasteiger partial charge in [-0.05, 0) is 18.5 Å². The molecule has 0 N–H and O–H groups in total. The van der Waals surface area contributed by atoms with Gasteiger partial charge in [0.1, 0.15) is 0 Å². The zero-order valence-electron chi connectivity index (χ0n) is 8.49. The van der Waals surface area contributed by atoms with Gasteiger partial charge in [-0.15, -0.1) is 0 Å². The van der Waals surface area contributed by atoms with Crippen LogP contribution in [0.15, 0.2) is 24.3 Å². The van der Waals surface area contributed by atoms with Crippen LogP contribution in [0.2, 0.25) is 0 Å². The first-order valence-corrected chi connectivity index (χ1v) is 5.14. The summed E-state index contributed by atoms with van der Waals surface area (Å²) in [5.74, 6) is 0.264. The van der Waals surface area contributed by atoms with Crippen molar-refractivity contribution in [2.75, 3.05) is 13.1 Å². The Morgan fingerprint density at radius 1 is 1.29 bits per heavy atom. The largest absolute Gasteiger partial charge is 0.293 e. The number of carbonyl (C=O) groups is 1. The van der Waals surface area contributed by atoms with Crippen molar-refractivity contribution in [3.05, 3.63) is 35.4 Å². The standard InChI is InChI=1S/C12H15NO/c1-2-7-13-8-10-5-3-4-6-11(10)12(14)9-13/h3-6H,2,7-9H2,1H3. The Labute approximate surface area is 84.5 Å². The second-order valence-corrected chi connectivity index (χ2v) is 3.79. The molecular weight excluding hydrogens is 174 g/mol. The lowest BCUT2D eigenvalue weighted by molar-refractivity contribution is 0.0901. The fraction of sp³-hybridized carbons (Fsp3) is 0.417. The smallest absolute Gasteiger partial charge is 0.177 e. The van der Waals surface area contributed by atoms with E-state index in [-0.39, 0.29) is 5.78 Å². The number of nitrogens with zero attached hydrogens (tertiary/aromatic N) is 1. The molecular formula is C12H15NO. The Hall–Kier alpha value is -1.15. The number of benzene rings is 1.